The second kappa shape index (κ2) is 7.47. The Morgan fingerprint density at radius 2 is 2.00 bits per heavy atom. The lowest BCUT2D eigenvalue weighted by molar-refractivity contribution is -0.137. The molecule has 3 N–H and O–H groups in total. The van der Waals surface area contributed by atoms with Crippen LogP contribution in [0.4, 0.5) is 13.2 Å². The SMILES string of the molecule is Cc1cc(=O)c(C(=O)NCCCN)nn1-c1ccccc1C(F)(F)F. The highest BCUT2D eigenvalue weighted by Gasteiger charge is 2.34. The van der Waals surface area contributed by atoms with Gasteiger partial charge in [0.2, 0.25) is 5.43 Å². The number of nitrogens with zero attached hydrogens (tertiary/aromatic N) is 2. The molecule has 1 aromatic carbocycles. The Kier molecular flexibility index (Phi) is 5.58. The van der Waals surface area contributed by atoms with Gasteiger partial charge in [-0.15, -0.1) is 0 Å². The van der Waals surface area contributed by atoms with Crippen LogP contribution < -0.4 is 16.5 Å². The molecule has 134 valence electrons. The molecule has 0 aliphatic rings. The molecule has 0 radical (unpaired) electrons. The molecule has 2 rings (SSSR count). The number of hydrogen-bond acceptors (Lipinski definition) is 4. The highest BCUT2D eigenvalue weighted by Crippen LogP contribution is 2.33. The van der Waals surface area contributed by atoms with E-state index in [0.717, 1.165) is 16.8 Å². The summed E-state index contributed by atoms with van der Waals surface area (Å²) < 4.78 is 40.6. The van der Waals surface area contributed by atoms with Gasteiger partial charge >= 0.3 is 6.18 Å². The number of aromatic nitrogens is 2. The van der Waals surface area contributed by atoms with Gasteiger partial charge in [0.1, 0.15) is 0 Å². The molecular weight excluding hydrogens is 337 g/mol. The van der Waals surface area contributed by atoms with Crippen molar-refractivity contribution in [3.05, 3.63) is 57.5 Å². The number of carbonyl (C=O) groups is 1. The van der Waals surface area contributed by atoms with Gasteiger partial charge in [0.15, 0.2) is 5.69 Å². The Morgan fingerprint density at radius 3 is 2.64 bits per heavy atom. The van der Waals surface area contributed by atoms with Gasteiger partial charge < -0.3 is 11.1 Å². The van der Waals surface area contributed by atoms with E-state index in [1.54, 1.807) is 0 Å². The zero-order valence-electron chi connectivity index (χ0n) is 13.4. The van der Waals surface area contributed by atoms with Crippen LogP contribution >= 0.6 is 0 Å². The van der Waals surface area contributed by atoms with Crippen LogP contribution in [-0.4, -0.2) is 28.8 Å². The Hall–Kier alpha value is -2.68. The van der Waals surface area contributed by atoms with Crippen molar-refractivity contribution in [2.24, 2.45) is 5.73 Å². The van der Waals surface area contributed by atoms with E-state index in [0.29, 0.717) is 13.0 Å². The van der Waals surface area contributed by atoms with Crippen LogP contribution in [0.3, 0.4) is 0 Å². The van der Waals surface area contributed by atoms with E-state index in [4.69, 9.17) is 5.73 Å². The summed E-state index contributed by atoms with van der Waals surface area (Å²) in [5.41, 5.74) is 3.19. The number of hydrogen-bond donors (Lipinski definition) is 2. The molecule has 0 fully saturated rings. The summed E-state index contributed by atoms with van der Waals surface area (Å²) in [4.78, 5) is 24.1. The number of para-hydroxylation sites is 1. The predicted octanol–water partition coefficient (Wildman–Crippen LogP) is 1.64. The molecule has 1 heterocycles. The van der Waals surface area contributed by atoms with Crippen molar-refractivity contribution in [1.82, 2.24) is 15.1 Å². The van der Waals surface area contributed by atoms with E-state index < -0.39 is 28.8 Å². The summed E-state index contributed by atoms with van der Waals surface area (Å²) in [6, 6.07) is 5.90. The van der Waals surface area contributed by atoms with E-state index in [1.807, 2.05) is 0 Å². The van der Waals surface area contributed by atoms with Crippen LogP contribution in [0.25, 0.3) is 5.69 Å². The fourth-order valence-electron chi connectivity index (χ4n) is 2.23. The number of alkyl halides is 3. The molecule has 0 bridgehead atoms. The predicted molar refractivity (Wildman–Crippen MR) is 85.6 cm³/mol. The van der Waals surface area contributed by atoms with Gasteiger partial charge in [-0.1, -0.05) is 12.1 Å². The lowest BCUT2D eigenvalue weighted by Crippen LogP contribution is -2.33. The molecule has 0 aliphatic carbocycles. The summed E-state index contributed by atoms with van der Waals surface area (Å²) in [7, 11) is 0. The number of rotatable bonds is 5. The molecule has 0 atom stereocenters. The first kappa shape index (κ1) is 18.7. The van der Waals surface area contributed by atoms with Crippen molar-refractivity contribution in [3.8, 4) is 5.69 Å². The second-order valence-electron chi connectivity index (χ2n) is 5.32. The van der Waals surface area contributed by atoms with E-state index in [9.17, 15) is 22.8 Å². The number of carbonyl (C=O) groups excluding carboxylic acids is 1. The maximum Gasteiger partial charge on any atom is 0.418 e. The number of benzene rings is 1. The highest BCUT2D eigenvalue weighted by molar-refractivity contribution is 5.92. The van der Waals surface area contributed by atoms with E-state index in [2.05, 4.69) is 10.4 Å². The van der Waals surface area contributed by atoms with Crippen molar-refractivity contribution in [1.29, 1.82) is 0 Å². The second-order valence-corrected chi connectivity index (χ2v) is 5.32. The van der Waals surface area contributed by atoms with Gasteiger partial charge in [-0.3, -0.25) is 9.59 Å². The van der Waals surface area contributed by atoms with Gasteiger partial charge in [0.05, 0.1) is 11.3 Å². The zero-order chi connectivity index (χ0) is 18.6. The number of nitrogens with two attached hydrogens (primary N) is 1. The minimum absolute atomic E-state index is 0.181. The third-order valence-corrected chi connectivity index (χ3v) is 3.43. The van der Waals surface area contributed by atoms with Crippen LogP contribution in [0.2, 0.25) is 0 Å². The van der Waals surface area contributed by atoms with Gasteiger partial charge in [0, 0.05) is 18.3 Å². The van der Waals surface area contributed by atoms with Gasteiger partial charge in [-0.05, 0) is 32.0 Å². The summed E-state index contributed by atoms with van der Waals surface area (Å²) in [6.07, 6.45) is -4.10. The van der Waals surface area contributed by atoms with Crippen molar-refractivity contribution in [2.75, 3.05) is 13.1 Å². The van der Waals surface area contributed by atoms with Crippen LogP contribution in [-0.2, 0) is 6.18 Å². The summed E-state index contributed by atoms with van der Waals surface area (Å²) in [5.74, 6) is -0.753. The van der Waals surface area contributed by atoms with E-state index in [1.165, 1.54) is 25.1 Å². The normalized spacial score (nSPS) is 11.4. The fourth-order valence-corrected chi connectivity index (χ4v) is 2.23. The van der Waals surface area contributed by atoms with E-state index >= 15 is 0 Å². The molecule has 9 heteroatoms. The maximum absolute atomic E-state index is 13.2. The molecule has 25 heavy (non-hydrogen) atoms. The van der Waals surface area contributed by atoms with Gasteiger partial charge in [0.25, 0.3) is 5.91 Å². The van der Waals surface area contributed by atoms with Crippen molar-refractivity contribution < 1.29 is 18.0 Å². The molecule has 0 aliphatic heterocycles. The maximum atomic E-state index is 13.2. The standard InChI is InChI=1S/C16H17F3N4O2/c1-10-9-13(24)14(15(25)21-8-4-7-20)22-23(10)12-6-3-2-5-11(12)16(17,18)19/h2-3,5-6,9H,4,7-8,20H2,1H3,(H,21,25). The summed E-state index contributed by atoms with van der Waals surface area (Å²) in [6.45, 7) is 2.03. The minimum atomic E-state index is -4.60. The van der Waals surface area contributed by atoms with Gasteiger partial charge in [-0.25, -0.2) is 4.68 Å². The first-order valence-corrected chi connectivity index (χ1v) is 7.51. The third-order valence-electron chi connectivity index (χ3n) is 3.43. The molecule has 1 aromatic heterocycles. The smallest absolute Gasteiger partial charge is 0.350 e. The Bertz CT molecular complexity index is 831. The number of nitrogens with one attached hydrogen (secondary N) is 1. The monoisotopic (exact) mass is 354 g/mol. The summed E-state index contributed by atoms with van der Waals surface area (Å²) in [5, 5.41) is 6.32. The first-order valence-electron chi connectivity index (χ1n) is 7.51. The van der Waals surface area contributed by atoms with Gasteiger partial charge in [-0.2, -0.15) is 18.3 Å². The van der Waals surface area contributed by atoms with Crippen LogP contribution in [0.15, 0.2) is 35.1 Å². The average molecular weight is 354 g/mol. The fraction of sp³-hybridized carbons (Fsp3) is 0.312. The average Bonchev–Trinajstić information content (AvgIpc) is 2.54. The molecular formula is C16H17F3N4O2. The van der Waals surface area contributed by atoms with Crippen LogP contribution in [0, 0.1) is 6.92 Å². The van der Waals surface area contributed by atoms with E-state index in [-0.39, 0.29) is 17.9 Å². The van der Waals surface area contributed by atoms with Crippen molar-refractivity contribution >= 4 is 5.91 Å². The number of amides is 1. The largest absolute Gasteiger partial charge is 0.418 e. The Balaban J connectivity index is 2.52. The molecule has 6 nitrogen and oxygen atoms in total. The molecule has 0 saturated carbocycles. The summed E-state index contributed by atoms with van der Waals surface area (Å²) >= 11 is 0. The number of halogens is 3. The topological polar surface area (TPSA) is 90.0 Å². The lowest BCUT2D eigenvalue weighted by Gasteiger charge is -2.16. The quantitative estimate of drug-likeness (QED) is 0.799. The van der Waals surface area contributed by atoms with Crippen molar-refractivity contribution in [3.63, 3.8) is 0 Å². The van der Waals surface area contributed by atoms with Crippen molar-refractivity contribution in [2.45, 2.75) is 19.5 Å². The molecule has 2 aromatic rings. The lowest BCUT2D eigenvalue weighted by atomic mass is 10.1. The molecule has 0 unspecified atom stereocenters. The number of aryl methyl sites for hydroxylation is 1. The highest BCUT2D eigenvalue weighted by atomic mass is 19.4. The molecule has 0 saturated heterocycles. The Labute approximate surface area is 141 Å². The third kappa shape index (κ3) is 4.24. The molecule has 0 spiro atoms. The minimum Gasteiger partial charge on any atom is -0.350 e. The molecule has 1 amide bonds. The first-order chi connectivity index (χ1) is 11.8. The zero-order valence-corrected chi connectivity index (χ0v) is 13.4. The Morgan fingerprint density at radius 1 is 1.32 bits per heavy atom. The van der Waals surface area contributed by atoms with Crippen LogP contribution in [0.1, 0.15) is 28.2 Å². The van der Waals surface area contributed by atoms with Crippen LogP contribution in [0.5, 0.6) is 0 Å².